The van der Waals surface area contributed by atoms with Gasteiger partial charge in [0.2, 0.25) is 0 Å². The Bertz CT molecular complexity index is 2330. The van der Waals surface area contributed by atoms with Crippen LogP contribution in [0.1, 0.15) is 67.8 Å². The van der Waals surface area contributed by atoms with Gasteiger partial charge in [0, 0.05) is 41.4 Å². The van der Waals surface area contributed by atoms with Crippen molar-refractivity contribution in [1.29, 1.82) is 0 Å². The lowest BCUT2D eigenvalue weighted by atomic mass is 9.84. The van der Waals surface area contributed by atoms with E-state index < -0.39 is 49.8 Å². The van der Waals surface area contributed by atoms with Crippen molar-refractivity contribution >= 4 is 37.7 Å². The second-order valence-corrected chi connectivity index (χ2v) is 14.9. The second-order valence-electron chi connectivity index (χ2n) is 12.9. The molecule has 1 aromatic carbocycles. The maximum atomic E-state index is 16.6. The number of fused-ring (bicyclic) bond motifs is 2. The summed E-state index contributed by atoms with van der Waals surface area (Å²) in [4.78, 5) is 37.6. The molecule has 1 aliphatic rings. The number of aromatic nitrogens is 5. The van der Waals surface area contributed by atoms with Gasteiger partial charge in [-0.3, -0.25) is 24.2 Å². The lowest BCUT2D eigenvalue weighted by Gasteiger charge is -2.38. The predicted molar refractivity (Wildman–Crippen MR) is 180 cm³/mol. The highest BCUT2D eigenvalue weighted by Crippen LogP contribution is 2.41. The van der Waals surface area contributed by atoms with Crippen LogP contribution in [0.2, 0.25) is 0 Å². The van der Waals surface area contributed by atoms with Gasteiger partial charge in [0.1, 0.15) is 22.1 Å². The third-order valence-electron chi connectivity index (χ3n) is 9.24. The normalized spacial score (nSPS) is 17.1. The summed E-state index contributed by atoms with van der Waals surface area (Å²) in [5.74, 6) is -3.43. The molecule has 0 saturated carbocycles. The SMILES string of the molecule is C=C(F)C(=O)N1CCC(c2c(S(C)(=O)=O)c(=O)n(-c3c(C)ccnc3C(C)C)c3nc(-c4c(C)ccc5[nH]ncc45)c(F)cc23)C[C@H]1C. The third kappa shape index (κ3) is 5.39. The van der Waals surface area contributed by atoms with E-state index >= 15 is 4.39 Å². The fraction of sp³-hybridized carbons (Fsp3) is 0.343. The van der Waals surface area contributed by atoms with Crippen molar-refractivity contribution in [2.24, 2.45) is 0 Å². The van der Waals surface area contributed by atoms with Crippen LogP contribution in [0.5, 0.6) is 0 Å². The van der Waals surface area contributed by atoms with Crippen LogP contribution in [-0.2, 0) is 14.6 Å². The number of aryl methyl sites for hydroxylation is 2. The molecule has 13 heteroatoms. The van der Waals surface area contributed by atoms with E-state index in [1.54, 1.807) is 32.3 Å². The Morgan fingerprint density at radius 3 is 2.52 bits per heavy atom. The summed E-state index contributed by atoms with van der Waals surface area (Å²) in [6.07, 6.45) is 4.56. The number of nitrogens with zero attached hydrogens (tertiary/aromatic N) is 5. The van der Waals surface area contributed by atoms with Crippen molar-refractivity contribution in [1.82, 2.24) is 29.6 Å². The van der Waals surface area contributed by atoms with Crippen molar-refractivity contribution in [2.45, 2.75) is 70.2 Å². The summed E-state index contributed by atoms with van der Waals surface area (Å²) in [7, 11) is -4.22. The number of piperidine rings is 1. The van der Waals surface area contributed by atoms with E-state index in [1.807, 2.05) is 32.9 Å². The Hall–Kier alpha value is -4.78. The maximum Gasteiger partial charge on any atom is 0.282 e. The molecule has 0 spiro atoms. The van der Waals surface area contributed by atoms with E-state index in [0.29, 0.717) is 33.4 Å². The molecule has 5 heterocycles. The van der Waals surface area contributed by atoms with E-state index in [0.717, 1.165) is 11.8 Å². The molecule has 0 bridgehead atoms. The largest absolute Gasteiger partial charge is 0.334 e. The number of carbonyl (C=O) groups is 1. The van der Waals surface area contributed by atoms with E-state index in [1.165, 1.54) is 15.5 Å². The number of rotatable bonds is 6. The van der Waals surface area contributed by atoms with E-state index in [9.17, 15) is 22.4 Å². The summed E-state index contributed by atoms with van der Waals surface area (Å²) < 4.78 is 59.0. The van der Waals surface area contributed by atoms with Crippen LogP contribution in [0, 0.1) is 19.7 Å². The highest BCUT2D eigenvalue weighted by atomic mass is 32.2. The standard InChI is InChI=1S/C35H36F2N6O4S/c1-17(2)29-31(19(4)10-12-38-29)43-33-23(15-25(37)30(40-33)27-18(3)8-9-26-24(27)16-39-41-26)28(32(35(43)45)48(7,46)47)22-11-13-42(20(5)14-22)34(44)21(6)36/h8-10,12,15-17,20,22H,6,11,13-14H2,1-5,7H3,(H,39,41)/t20-,22?/m1/s1. The molecule has 1 fully saturated rings. The van der Waals surface area contributed by atoms with Gasteiger partial charge < -0.3 is 4.90 Å². The molecule has 5 aromatic rings. The molecule has 48 heavy (non-hydrogen) atoms. The van der Waals surface area contributed by atoms with E-state index in [2.05, 4.69) is 21.8 Å². The predicted octanol–water partition coefficient (Wildman–Crippen LogP) is 6.18. The van der Waals surface area contributed by atoms with Gasteiger partial charge in [0.05, 0.1) is 23.1 Å². The van der Waals surface area contributed by atoms with Gasteiger partial charge in [-0.2, -0.15) is 5.10 Å². The Balaban J connectivity index is 1.76. The Kier molecular flexibility index (Phi) is 8.30. The Morgan fingerprint density at radius 2 is 1.88 bits per heavy atom. The average Bonchev–Trinajstić information content (AvgIpc) is 3.49. The number of pyridine rings is 3. The zero-order valence-electron chi connectivity index (χ0n) is 27.6. The van der Waals surface area contributed by atoms with Gasteiger partial charge in [-0.05, 0) is 80.3 Å². The number of carbonyl (C=O) groups excluding carboxylic acids is 1. The number of benzene rings is 1. The number of nitrogens with one attached hydrogen (secondary N) is 1. The van der Waals surface area contributed by atoms with Gasteiger partial charge in [-0.1, -0.05) is 26.5 Å². The van der Waals surface area contributed by atoms with E-state index in [-0.39, 0.29) is 47.6 Å². The highest BCUT2D eigenvalue weighted by molar-refractivity contribution is 7.90. The Morgan fingerprint density at radius 1 is 1.15 bits per heavy atom. The van der Waals surface area contributed by atoms with Crippen LogP contribution >= 0.6 is 0 Å². The fourth-order valence-corrected chi connectivity index (χ4v) is 8.13. The first-order valence-electron chi connectivity index (χ1n) is 15.6. The fourth-order valence-electron chi connectivity index (χ4n) is 7.05. The van der Waals surface area contributed by atoms with Crippen molar-refractivity contribution in [3.63, 3.8) is 0 Å². The van der Waals surface area contributed by atoms with Gasteiger partial charge in [0.15, 0.2) is 15.7 Å². The zero-order chi connectivity index (χ0) is 34.8. The topological polar surface area (TPSA) is 131 Å². The maximum absolute atomic E-state index is 16.6. The monoisotopic (exact) mass is 674 g/mol. The molecule has 1 aliphatic heterocycles. The zero-order valence-corrected chi connectivity index (χ0v) is 28.4. The lowest BCUT2D eigenvalue weighted by molar-refractivity contribution is -0.132. The van der Waals surface area contributed by atoms with Crippen LogP contribution in [-0.4, -0.2) is 62.8 Å². The third-order valence-corrected chi connectivity index (χ3v) is 10.4. The quantitative estimate of drug-likeness (QED) is 0.213. The average molecular weight is 675 g/mol. The molecule has 6 rings (SSSR count). The summed E-state index contributed by atoms with van der Waals surface area (Å²) >= 11 is 0. The van der Waals surface area contributed by atoms with Crippen LogP contribution < -0.4 is 5.56 Å². The van der Waals surface area contributed by atoms with Gasteiger partial charge in [0.25, 0.3) is 11.5 Å². The van der Waals surface area contributed by atoms with Gasteiger partial charge in [-0.15, -0.1) is 0 Å². The number of aromatic amines is 1. The number of H-pyrrole nitrogens is 1. The molecule has 0 radical (unpaired) electrons. The van der Waals surface area contributed by atoms with E-state index in [4.69, 9.17) is 4.98 Å². The van der Waals surface area contributed by atoms with Crippen molar-refractivity contribution in [3.8, 4) is 16.9 Å². The molecule has 1 N–H and O–H groups in total. The second kappa shape index (κ2) is 12.0. The molecule has 1 unspecified atom stereocenters. The Labute approximate surface area is 276 Å². The number of hydrogen-bond acceptors (Lipinski definition) is 7. The minimum absolute atomic E-state index is 0.0268. The number of likely N-dealkylation sites (tertiary alicyclic amines) is 1. The minimum Gasteiger partial charge on any atom is -0.334 e. The molecular weight excluding hydrogens is 638 g/mol. The number of hydrogen-bond donors (Lipinski definition) is 1. The van der Waals surface area contributed by atoms with Crippen molar-refractivity contribution in [2.75, 3.05) is 12.8 Å². The first-order valence-corrected chi connectivity index (χ1v) is 17.5. The summed E-state index contributed by atoms with van der Waals surface area (Å²) in [5, 5.41) is 7.81. The molecule has 4 aromatic heterocycles. The molecular formula is C35H36F2N6O4S. The van der Waals surface area contributed by atoms with Crippen molar-refractivity contribution in [3.05, 3.63) is 87.6 Å². The molecule has 10 nitrogen and oxygen atoms in total. The summed E-state index contributed by atoms with van der Waals surface area (Å²) in [6.45, 7) is 12.4. The first-order chi connectivity index (χ1) is 22.6. The molecule has 0 aliphatic carbocycles. The van der Waals surface area contributed by atoms with Crippen LogP contribution in [0.4, 0.5) is 8.78 Å². The molecule has 2 atom stereocenters. The summed E-state index contributed by atoms with van der Waals surface area (Å²) in [6, 6.07) is 6.10. The van der Waals surface area contributed by atoms with Crippen LogP contribution in [0.15, 0.2) is 58.8 Å². The van der Waals surface area contributed by atoms with Crippen LogP contribution in [0.25, 0.3) is 38.9 Å². The summed E-state index contributed by atoms with van der Waals surface area (Å²) in [5.41, 5.74) is 2.78. The highest BCUT2D eigenvalue weighted by Gasteiger charge is 2.37. The van der Waals surface area contributed by atoms with Crippen molar-refractivity contribution < 1.29 is 22.0 Å². The van der Waals surface area contributed by atoms with Gasteiger partial charge >= 0.3 is 0 Å². The number of halogens is 2. The first kappa shape index (κ1) is 33.1. The molecule has 1 saturated heterocycles. The molecule has 250 valence electrons. The van der Waals surface area contributed by atoms with Crippen LogP contribution in [0.3, 0.4) is 0 Å². The molecule has 1 amide bonds. The number of amides is 1. The minimum atomic E-state index is -4.22. The number of sulfone groups is 1. The lowest BCUT2D eigenvalue weighted by Crippen LogP contribution is -2.44. The van der Waals surface area contributed by atoms with Gasteiger partial charge in [-0.25, -0.2) is 22.2 Å². The smallest absolute Gasteiger partial charge is 0.282 e.